The third kappa shape index (κ3) is 5.55. The molecule has 3 atom stereocenters. The molecule has 1 fully saturated rings. The standard InChI is InChI=1S/C13H27NOS/c1-11-5-3-6-12(9-11)16-8-4-7-13(2,15)10-14/h11-12,15H,3-10,14H2,1-2H3. The van der Waals surface area contributed by atoms with E-state index in [0.717, 1.165) is 24.0 Å². The van der Waals surface area contributed by atoms with Crippen LogP contribution in [0.2, 0.25) is 0 Å². The van der Waals surface area contributed by atoms with Gasteiger partial charge in [-0.3, -0.25) is 0 Å². The Morgan fingerprint density at radius 1 is 1.44 bits per heavy atom. The molecule has 0 amide bonds. The monoisotopic (exact) mass is 245 g/mol. The van der Waals surface area contributed by atoms with Gasteiger partial charge in [0, 0.05) is 11.8 Å². The first-order chi connectivity index (χ1) is 7.53. The molecule has 0 spiro atoms. The fourth-order valence-electron chi connectivity index (χ4n) is 2.33. The molecule has 96 valence electrons. The van der Waals surface area contributed by atoms with E-state index in [2.05, 4.69) is 18.7 Å². The maximum atomic E-state index is 9.77. The van der Waals surface area contributed by atoms with E-state index < -0.39 is 5.60 Å². The number of rotatable bonds is 6. The van der Waals surface area contributed by atoms with Crippen LogP contribution in [0.1, 0.15) is 52.4 Å². The lowest BCUT2D eigenvalue weighted by molar-refractivity contribution is 0.0595. The summed E-state index contributed by atoms with van der Waals surface area (Å²) in [5.74, 6) is 2.09. The Labute approximate surface area is 104 Å². The van der Waals surface area contributed by atoms with Gasteiger partial charge in [0.15, 0.2) is 0 Å². The van der Waals surface area contributed by atoms with Gasteiger partial charge in [-0.05, 0) is 44.3 Å². The molecular weight excluding hydrogens is 218 g/mol. The minimum absolute atomic E-state index is 0.373. The quantitative estimate of drug-likeness (QED) is 0.707. The highest BCUT2D eigenvalue weighted by Gasteiger charge is 2.20. The van der Waals surface area contributed by atoms with Gasteiger partial charge in [0.1, 0.15) is 0 Å². The highest BCUT2D eigenvalue weighted by molar-refractivity contribution is 7.99. The first-order valence-electron chi connectivity index (χ1n) is 6.57. The molecule has 1 saturated carbocycles. The molecule has 0 saturated heterocycles. The van der Waals surface area contributed by atoms with E-state index in [-0.39, 0.29) is 0 Å². The zero-order valence-corrected chi connectivity index (χ0v) is 11.6. The largest absolute Gasteiger partial charge is 0.389 e. The van der Waals surface area contributed by atoms with Gasteiger partial charge >= 0.3 is 0 Å². The molecule has 1 aliphatic carbocycles. The Bertz CT molecular complexity index is 196. The number of nitrogens with two attached hydrogens (primary N) is 1. The van der Waals surface area contributed by atoms with E-state index in [9.17, 15) is 5.11 Å². The SMILES string of the molecule is CC1CCCC(SCCCC(C)(O)CN)C1. The van der Waals surface area contributed by atoms with Crippen molar-refractivity contribution in [3.8, 4) is 0 Å². The highest BCUT2D eigenvalue weighted by atomic mass is 32.2. The van der Waals surface area contributed by atoms with E-state index >= 15 is 0 Å². The predicted octanol–water partition coefficient (Wildman–Crippen LogP) is 2.79. The van der Waals surface area contributed by atoms with Gasteiger partial charge in [0.25, 0.3) is 0 Å². The third-order valence-corrected chi connectivity index (χ3v) is 4.97. The summed E-state index contributed by atoms with van der Waals surface area (Å²) in [6.45, 7) is 4.57. The second-order valence-electron chi connectivity index (χ2n) is 5.57. The Morgan fingerprint density at radius 3 is 2.81 bits per heavy atom. The summed E-state index contributed by atoms with van der Waals surface area (Å²) in [6.07, 6.45) is 7.51. The molecule has 0 heterocycles. The lowest BCUT2D eigenvalue weighted by Crippen LogP contribution is -2.34. The number of thioether (sulfide) groups is 1. The van der Waals surface area contributed by atoms with Crippen molar-refractivity contribution in [2.75, 3.05) is 12.3 Å². The van der Waals surface area contributed by atoms with Crippen LogP contribution in [0.3, 0.4) is 0 Å². The molecule has 3 N–H and O–H groups in total. The van der Waals surface area contributed by atoms with Crippen LogP contribution in [0.4, 0.5) is 0 Å². The number of hydrogen-bond donors (Lipinski definition) is 2. The summed E-state index contributed by atoms with van der Waals surface area (Å²) < 4.78 is 0. The molecule has 0 bridgehead atoms. The van der Waals surface area contributed by atoms with Gasteiger partial charge in [0.05, 0.1) is 5.60 Å². The lowest BCUT2D eigenvalue weighted by Gasteiger charge is -2.27. The average molecular weight is 245 g/mol. The maximum absolute atomic E-state index is 9.77. The summed E-state index contributed by atoms with van der Waals surface area (Å²) >= 11 is 2.10. The van der Waals surface area contributed by atoms with E-state index in [4.69, 9.17) is 5.73 Å². The van der Waals surface area contributed by atoms with Crippen molar-refractivity contribution in [3.05, 3.63) is 0 Å². The highest BCUT2D eigenvalue weighted by Crippen LogP contribution is 2.32. The summed E-state index contributed by atoms with van der Waals surface area (Å²) in [5, 5.41) is 10.6. The average Bonchev–Trinajstić information content (AvgIpc) is 2.25. The minimum Gasteiger partial charge on any atom is -0.389 e. The molecule has 3 heteroatoms. The van der Waals surface area contributed by atoms with Gasteiger partial charge in [0.2, 0.25) is 0 Å². The van der Waals surface area contributed by atoms with Gasteiger partial charge in [-0.2, -0.15) is 11.8 Å². The van der Waals surface area contributed by atoms with Crippen molar-refractivity contribution in [3.63, 3.8) is 0 Å². The zero-order valence-electron chi connectivity index (χ0n) is 10.7. The molecular formula is C13H27NOS. The van der Waals surface area contributed by atoms with E-state index in [1.807, 2.05) is 6.92 Å². The van der Waals surface area contributed by atoms with Crippen molar-refractivity contribution in [1.29, 1.82) is 0 Å². The van der Waals surface area contributed by atoms with E-state index in [0.29, 0.717) is 6.54 Å². The Hall–Kier alpha value is 0.270. The van der Waals surface area contributed by atoms with Crippen molar-refractivity contribution in [2.45, 2.75) is 63.2 Å². The number of aliphatic hydroxyl groups is 1. The smallest absolute Gasteiger partial charge is 0.0741 e. The van der Waals surface area contributed by atoms with Crippen molar-refractivity contribution in [1.82, 2.24) is 0 Å². The second kappa shape index (κ2) is 6.87. The van der Waals surface area contributed by atoms with Crippen molar-refractivity contribution in [2.24, 2.45) is 11.7 Å². The van der Waals surface area contributed by atoms with E-state index in [1.165, 1.54) is 31.4 Å². The van der Waals surface area contributed by atoms with Crippen LogP contribution in [0.5, 0.6) is 0 Å². The van der Waals surface area contributed by atoms with Crippen LogP contribution >= 0.6 is 11.8 Å². The van der Waals surface area contributed by atoms with Crippen LogP contribution in [-0.2, 0) is 0 Å². The molecule has 0 aromatic carbocycles. The van der Waals surface area contributed by atoms with Gasteiger partial charge in [-0.15, -0.1) is 0 Å². The fraction of sp³-hybridized carbons (Fsp3) is 1.00. The first kappa shape index (κ1) is 14.3. The summed E-state index contributed by atoms with van der Waals surface area (Å²) in [4.78, 5) is 0. The minimum atomic E-state index is -0.652. The second-order valence-corrected chi connectivity index (χ2v) is 6.98. The van der Waals surface area contributed by atoms with Gasteiger partial charge in [-0.1, -0.05) is 19.8 Å². The predicted molar refractivity (Wildman–Crippen MR) is 72.8 cm³/mol. The Balaban J connectivity index is 2.06. The van der Waals surface area contributed by atoms with Crippen molar-refractivity contribution >= 4 is 11.8 Å². The Morgan fingerprint density at radius 2 is 2.19 bits per heavy atom. The van der Waals surface area contributed by atoms with Crippen LogP contribution in [0, 0.1) is 5.92 Å². The molecule has 1 rings (SSSR count). The first-order valence-corrected chi connectivity index (χ1v) is 7.62. The summed E-state index contributed by atoms with van der Waals surface area (Å²) in [5.41, 5.74) is 4.84. The molecule has 0 radical (unpaired) electrons. The molecule has 16 heavy (non-hydrogen) atoms. The topological polar surface area (TPSA) is 46.2 Å². The molecule has 2 nitrogen and oxygen atoms in total. The van der Waals surface area contributed by atoms with Gasteiger partial charge < -0.3 is 10.8 Å². The molecule has 3 unspecified atom stereocenters. The van der Waals surface area contributed by atoms with Gasteiger partial charge in [-0.25, -0.2) is 0 Å². The van der Waals surface area contributed by atoms with E-state index in [1.54, 1.807) is 0 Å². The fourth-order valence-corrected chi connectivity index (χ4v) is 3.78. The number of hydrogen-bond acceptors (Lipinski definition) is 3. The normalized spacial score (nSPS) is 30.0. The molecule has 1 aliphatic rings. The molecule has 0 aromatic rings. The lowest BCUT2D eigenvalue weighted by atomic mass is 9.91. The molecule has 0 aromatic heterocycles. The summed E-state index contributed by atoms with van der Waals surface area (Å²) in [7, 11) is 0. The maximum Gasteiger partial charge on any atom is 0.0741 e. The van der Waals surface area contributed by atoms with Crippen LogP contribution in [-0.4, -0.2) is 28.3 Å². The third-order valence-electron chi connectivity index (χ3n) is 3.54. The molecule has 0 aliphatic heterocycles. The zero-order chi connectivity index (χ0) is 12.0. The van der Waals surface area contributed by atoms with Crippen LogP contribution in [0.15, 0.2) is 0 Å². The van der Waals surface area contributed by atoms with Crippen LogP contribution < -0.4 is 5.73 Å². The van der Waals surface area contributed by atoms with Crippen molar-refractivity contribution < 1.29 is 5.11 Å². The summed E-state index contributed by atoms with van der Waals surface area (Å²) in [6, 6.07) is 0. The Kier molecular flexibility index (Phi) is 6.16. The van der Waals surface area contributed by atoms with Crippen LogP contribution in [0.25, 0.3) is 0 Å².